The van der Waals surface area contributed by atoms with Crippen LogP contribution in [-0.2, 0) is 4.79 Å². The molecule has 4 rings (SSSR count). The molecule has 0 spiro atoms. The van der Waals surface area contributed by atoms with Gasteiger partial charge in [0.15, 0.2) is 0 Å². The third kappa shape index (κ3) is 3.92. The van der Waals surface area contributed by atoms with Crippen molar-refractivity contribution in [2.24, 2.45) is 0 Å². The molecule has 0 aliphatic carbocycles. The number of amides is 2. The Morgan fingerprint density at radius 2 is 1.83 bits per heavy atom. The van der Waals surface area contributed by atoms with Gasteiger partial charge in [-0.2, -0.15) is 4.98 Å². The number of benzene rings is 2. The second kappa shape index (κ2) is 8.03. The van der Waals surface area contributed by atoms with Gasteiger partial charge in [0.2, 0.25) is 11.9 Å². The minimum atomic E-state index is -0.440. The summed E-state index contributed by atoms with van der Waals surface area (Å²) in [6.07, 6.45) is 0.193. The van der Waals surface area contributed by atoms with Crippen molar-refractivity contribution in [3.05, 3.63) is 58.6 Å². The van der Waals surface area contributed by atoms with Crippen molar-refractivity contribution in [1.82, 2.24) is 14.8 Å². The van der Waals surface area contributed by atoms with Gasteiger partial charge in [-0.3, -0.25) is 20.2 Å². The SMILES string of the molecule is COc1cc(OC)cc(C(=O)Nc2nc3n(n2)[C@@H](c2ccc(Cl)cc2)CC(=O)N3)c1. The Balaban J connectivity index is 1.62. The average Bonchev–Trinajstić information content (AvgIpc) is 3.15. The first kappa shape index (κ1) is 19.7. The van der Waals surface area contributed by atoms with Crippen molar-refractivity contribution in [2.45, 2.75) is 12.5 Å². The molecule has 0 unspecified atom stereocenters. The van der Waals surface area contributed by atoms with E-state index in [4.69, 9.17) is 21.1 Å². The number of hydrogen-bond acceptors (Lipinski definition) is 6. The summed E-state index contributed by atoms with van der Waals surface area (Å²) in [5.74, 6) is 0.649. The van der Waals surface area contributed by atoms with Crippen LogP contribution in [0.4, 0.5) is 11.9 Å². The zero-order valence-electron chi connectivity index (χ0n) is 16.2. The first-order chi connectivity index (χ1) is 14.5. The number of anilines is 2. The van der Waals surface area contributed by atoms with E-state index in [0.717, 1.165) is 5.56 Å². The van der Waals surface area contributed by atoms with Gasteiger partial charge in [-0.1, -0.05) is 23.7 Å². The Morgan fingerprint density at radius 1 is 1.17 bits per heavy atom. The molecule has 0 radical (unpaired) electrons. The smallest absolute Gasteiger partial charge is 0.258 e. The van der Waals surface area contributed by atoms with Crippen LogP contribution in [0.1, 0.15) is 28.4 Å². The van der Waals surface area contributed by atoms with Gasteiger partial charge >= 0.3 is 0 Å². The van der Waals surface area contributed by atoms with Gasteiger partial charge in [-0.25, -0.2) is 4.68 Å². The minimum absolute atomic E-state index is 0.0675. The fraction of sp³-hybridized carbons (Fsp3) is 0.200. The third-order valence-corrected chi connectivity index (χ3v) is 4.90. The van der Waals surface area contributed by atoms with Gasteiger partial charge in [-0.15, -0.1) is 5.10 Å². The van der Waals surface area contributed by atoms with Crippen LogP contribution >= 0.6 is 11.6 Å². The number of methoxy groups -OCH3 is 2. The van der Waals surface area contributed by atoms with Crippen molar-refractivity contribution in [3.63, 3.8) is 0 Å². The predicted octanol–water partition coefficient (Wildman–Crippen LogP) is 3.13. The maximum absolute atomic E-state index is 12.7. The number of ether oxygens (including phenoxy) is 2. The van der Waals surface area contributed by atoms with Crippen molar-refractivity contribution in [2.75, 3.05) is 24.9 Å². The molecule has 0 saturated carbocycles. The van der Waals surface area contributed by atoms with E-state index in [1.165, 1.54) is 14.2 Å². The molecule has 2 N–H and O–H groups in total. The van der Waals surface area contributed by atoms with E-state index < -0.39 is 5.91 Å². The summed E-state index contributed by atoms with van der Waals surface area (Å²) in [5.41, 5.74) is 1.17. The van der Waals surface area contributed by atoms with Gasteiger partial charge in [0.25, 0.3) is 11.9 Å². The quantitative estimate of drug-likeness (QED) is 0.647. The molecule has 3 aromatic rings. The summed E-state index contributed by atoms with van der Waals surface area (Å²) in [7, 11) is 3.00. The van der Waals surface area contributed by atoms with E-state index in [2.05, 4.69) is 20.7 Å². The maximum Gasteiger partial charge on any atom is 0.258 e. The third-order valence-electron chi connectivity index (χ3n) is 4.65. The first-order valence-electron chi connectivity index (χ1n) is 9.03. The Bertz CT molecular complexity index is 1090. The van der Waals surface area contributed by atoms with Crippen LogP contribution in [0.25, 0.3) is 0 Å². The van der Waals surface area contributed by atoms with Gasteiger partial charge < -0.3 is 9.47 Å². The van der Waals surface area contributed by atoms with Crippen molar-refractivity contribution < 1.29 is 19.1 Å². The molecule has 9 nitrogen and oxygen atoms in total. The summed E-state index contributed by atoms with van der Waals surface area (Å²) < 4.78 is 12.0. The molecule has 0 saturated heterocycles. The topological polar surface area (TPSA) is 107 Å². The summed E-state index contributed by atoms with van der Waals surface area (Å²) >= 11 is 5.96. The van der Waals surface area contributed by atoms with Gasteiger partial charge in [0, 0.05) is 16.7 Å². The summed E-state index contributed by atoms with van der Waals surface area (Å²) in [4.78, 5) is 29.1. The molecule has 1 atom stereocenters. The number of fused-ring (bicyclic) bond motifs is 1. The van der Waals surface area contributed by atoms with Crippen molar-refractivity contribution in [1.29, 1.82) is 0 Å². The second-order valence-electron chi connectivity index (χ2n) is 6.58. The molecule has 10 heteroatoms. The molecule has 2 heterocycles. The number of hydrogen-bond donors (Lipinski definition) is 2. The van der Waals surface area contributed by atoms with Gasteiger partial charge in [0.05, 0.1) is 26.7 Å². The lowest BCUT2D eigenvalue weighted by Gasteiger charge is -2.23. The fourth-order valence-electron chi connectivity index (χ4n) is 3.17. The number of carbonyl (C=O) groups excluding carboxylic acids is 2. The van der Waals surface area contributed by atoms with E-state index in [1.54, 1.807) is 35.0 Å². The monoisotopic (exact) mass is 427 g/mol. The van der Waals surface area contributed by atoms with Crippen LogP contribution in [0.2, 0.25) is 5.02 Å². The molecular formula is C20H18ClN5O4. The van der Waals surface area contributed by atoms with Gasteiger partial charge in [0.1, 0.15) is 11.5 Å². The lowest BCUT2D eigenvalue weighted by atomic mass is 10.0. The zero-order valence-corrected chi connectivity index (χ0v) is 16.9. The maximum atomic E-state index is 12.7. The average molecular weight is 428 g/mol. The second-order valence-corrected chi connectivity index (χ2v) is 7.02. The summed E-state index contributed by atoms with van der Waals surface area (Å²) in [6, 6.07) is 11.6. The molecular weight excluding hydrogens is 410 g/mol. The number of aromatic nitrogens is 3. The molecule has 1 aliphatic heterocycles. The predicted molar refractivity (Wildman–Crippen MR) is 110 cm³/mol. The highest BCUT2D eigenvalue weighted by atomic mass is 35.5. The molecule has 1 aliphatic rings. The standard InChI is InChI=1S/C20H18ClN5O4/c1-29-14-7-12(8-15(9-14)30-2)18(28)23-19-24-20-22-17(27)10-16(26(20)25-19)11-3-5-13(21)6-4-11/h3-9,16H,10H2,1-2H3,(H2,22,23,24,25,27,28)/t16-/m1/s1. The van der Waals surface area contributed by atoms with Crippen LogP contribution in [0.3, 0.4) is 0 Å². The molecule has 30 heavy (non-hydrogen) atoms. The van der Waals surface area contributed by atoms with Gasteiger partial charge in [-0.05, 0) is 29.8 Å². The Kier molecular flexibility index (Phi) is 5.28. The highest BCUT2D eigenvalue weighted by Gasteiger charge is 2.29. The lowest BCUT2D eigenvalue weighted by molar-refractivity contribution is -0.117. The Morgan fingerprint density at radius 3 is 2.47 bits per heavy atom. The number of nitrogens with zero attached hydrogens (tertiary/aromatic N) is 3. The van der Waals surface area contributed by atoms with Crippen LogP contribution in [0, 0.1) is 0 Å². The number of nitrogens with one attached hydrogen (secondary N) is 2. The van der Waals surface area contributed by atoms with E-state index in [9.17, 15) is 9.59 Å². The highest BCUT2D eigenvalue weighted by molar-refractivity contribution is 6.30. The fourth-order valence-corrected chi connectivity index (χ4v) is 3.30. The van der Waals surface area contributed by atoms with E-state index in [1.807, 2.05) is 12.1 Å². The summed E-state index contributed by atoms with van der Waals surface area (Å²) in [6.45, 7) is 0. The number of rotatable bonds is 5. The molecule has 2 amide bonds. The molecule has 1 aromatic heterocycles. The zero-order chi connectivity index (χ0) is 21.3. The Hall–Kier alpha value is -3.59. The summed E-state index contributed by atoms with van der Waals surface area (Å²) in [5, 5.41) is 10.3. The van der Waals surface area contributed by atoms with E-state index in [0.29, 0.717) is 22.1 Å². The lowest BCUT2D eigenvalue weighted by Crippen LogP contribution is -2.29. The number of carbonyl (C=O) groups is 2. The molecule has 2 aromatic carbocycles. The van der Waals surface area contributed by atoms with Crippen molar-refractivity contribution >= 4 is 35.3 Å². The molecule has 0 bridgehead atoms. The van der Waals surface area contributed by atoms with Crippen LogP contribution in [0.15, 0.2) is 42.5 Å². The Labute approximate surface area is 177 Å². The molecule has 154 valence electrons. The van der Waals surface area contributed by atoms with E-state index >= 15 is 0 Å². The minimum Gasteiger partial charge on any atom is -0.497 e. The number of halogens is 1. The molecule has 0 fully saturated rings. The van der Waals surface area contributed by atoms with E-state index in [-0.39, 0.29) is 30.3 Å². The van der Waals surface area contributed by atoms with Crippen LogP contribution < -0.4 is 20.1 Å². The highest BCUT2D eigenvalue weighted by Crippen LogP contribution is 2.30. The van der Waals surface area contributed by atoms with Crippen molar-refractivity contribution in [3.8, 4) is 11.5 Å². The largest absolute Gasteiger partial charge is 0.497 e. The first-order valence-corrected chi connectivity index (χ1v) is 9.41. The van der Waals surface area contributed by atoms with Crippen LogP contribution in [-0.4, -0.2) is 40.8 Å². The normalized spacial score (nSPS) is 15.2. The van der Waals surface area contributed by atoms with Crippen LogP contribution in [0.5, 0.6) is 11.5 Å².